The molecular weight excluding hydrogens is 424 g/mol. The molecule has 3 heterocycles. The Hall–Kier alpha value is -2.71. The third kappa shape index (κ3) is 3.97. The first-order valence-corrected chi connectivity index (χ1v) is 11.5. The van der Waals surface area contributed by atoms with Crippen molar-refractivity contribution in [3.8, 4) is 0 Å². The van der Waals surface area contributed by atoms with Crippen LogP contribution in [0.4, 0.5) is 0 Å². The van der Waals surface area contributed by atoms with E-state index in [-0.39, 0.29) is 10.8 Å². The summed E-state index contributed by atoms with van der Waals surface area (Å²) in [7, 11) is -3.79. The first kappa shape index (κ1) is 20.6. The molecule has 1 amide bonds. The minimum atomic E-state index is -3.79. The quantitative estimate of drug-likeness (QED) is 0.710. The lowest BCUT2D eigenvalue weighted by Gasteiger charge is -2.23. The molecule has 4 rings (SSSR count). The third-order valence-electron chi connectivity index (χ3n) is 5.21. The molecule has 0 radical (unpaired) electrons. The topological polar surface area (TPSA) is 82.9 Å². The number of pyridine rings is 1. The van der Waals surface area contributed by atoms with E-state index in [2.05, 4.69) is 9.38 Å². The van der Waals surface area contributed by atoms with Gasteiger partial charge in [-0.05, 0) is 43.2 Å². The molecule has 0 N–H and O–H groups in total. The number of hydrogen-bond donors (Lipinski definition) is 0. The predicted octanol–water partition coefficient (Wildman–Crippen LogP) is 3.06. The fourth-order valence-electron chi connectivity index (χ4n) is 3.77. The minimum Gasteiger partial charge on any atom is -0.354 e. The predicted molar refractivity (Wildman–Crippen MR) is 117 cm³/mol. The third-order valence-corrected chi connectivity index (χ3v) is 6.94. The van der Waals surface area contributed by atoms with Gasteiger partial charge in [-0.3, -0.25) is 9.78 Å². The van der Waals surface area contributed by atoms with Crippen LogP contribution in [0.2, 0.25) is 5.02 Å². The zero-order chi connectivity index (χ0) is 21.3. The Morgan fingerprint density at radius 1 is 1.03 bits per heavy atom. The molecule has 156 valence electrons. The van der Waals surface area contributed by atoms with Crippen LogP contribution in [0.5, 0.6) is 0 Å². The monoisotopic (exact) mass is 444 g/mol. The van der Waals surface area contributed by atoms with Gasteiger partial charge in [0.15, 0.2) is 0 Å². The Morgan fingerprint density at radius 2 is 1.80 bits per heavy atom. The van der Waals surface area contributed by atoms with Crippen molar-refractivity contribution in [3.63, 3.8) is 0 Å². The normalized spacial score (nSPS) is 18.9. The van der Waals surface area contributed by atoms with Gasteiger partial charge in [0.25, 0.3) is 15.9 Å². The summed E-state index contributed by atoms with van der Waals surface area (Å²) in [6, 6.07) is 12.0. The van der Waals surface area contributed by atoms with Crippen molar-refractivity contribution in [2.24, 2.45) is 4.40 Å². The number of carbonyl (C=O) groups is 1. The summed E-state index contributed by atoms with van der Waals surface area (Å²) in [6.07, 6.45) is 2.31. The number of amidine groups is 1. The number of aromatic nitrogens is 1. The van der Waals surface area contributed by atoms with Gasteiger partial charge in [-0.15, -0.1) is 4.40 Å². The van der Waals surface area contributed by atoms with Crippen molar-refractivity contribution in [2.45, 2.75) is 13.3 Å². The molecular formula is C21H21ClN4O3S. The molecule has 30 heavy (non-hydrogen) atoms. The second kappa shape index (κ2) is 8.20. The summed E-state index contributed by atoms with van der Waals surface area (Å²) < 4.78 is 29.6. The first-order chi connectivity index (χ1) is 14.4. The maximum atomic E-state index is 12.8. The average molecular weight is 445 g/mol. The van der Waals surface area contributed by atoms with Crippen LogP contribution in [-0.2, 0) is 10.0 Å². The molecule has 2 aromatic rings. The van der Waals surface area contributed by atoms with E-state index in [9.17, 15) is 13.2 Å². The van der Waals surface area contributed by atoms with Crippen molar-refractivity contribution >= 4 is 38.3 Å². The second-order valence-electron chi connectivity index (χ2n) is 7.20. The number of amides is 1. The van der Waals surface area contributed by atoms with Crippen LogP contribution in [-0.4, -0.2) is 61.1 Å². The van der Waals surface area contributed by atoms with Gasteiger partial charge in [-0.1, -0.05) is 29.8 Å². The highest BCUT2D eigenvalue weighted by Gasteiger charge is 2.34. The van der Waals surface area contributed by atoms with Gasteiger partial charge in [0.05, 0.1) is 0 Å². The zero-order valence-corrected chi connectivity index (χ0v) is 18.0. The number of sulfonamides is 1. The van der Waals surface area contributed by atoms with E-state index in [1.807, 2.05) is 4.90 Å². The molecule has 0 atom stereocenters. The number of hydrogen-bond acceptors (Lipinski definition) is 5. The summed E-state index contributed by atoms with van der Waals surface area (Å²) >= 11 is 5.94. The van der Waals surface area contributed by atoms with Gasteiger partial charge in [-0.2, -0.15) is 8.42 Å². The number of rotatable bonds is 2. The minimum absolute atomic E-state index is 0.118. The van der Waals surface area contributed by atoms with Crippen LogP contribution in [0.25, 0.3) is 4.91 Å². The lowest BCUT2D eigenvalue weighted by molar-refractivity contribution is 0.0758. The van der Waals surface area contributed by atoms with Gasteiger partial charge in [0.2, 0.25) is 0 Å². The lowest BCUT2D eigenvalue weighted by Crippen LogP contribution is -2.37. The molecule has 1 aromatic heterocycles. The smallest absolute Gasteiger partial charge is 0.285 e. The fraction of sp³-hybridized carbons (Fsp3) is 0.286. The van der Waals surface area contributed by atoms with Crippen molar-refractivity contribution in [1.82, 2.24) is 14.8 Å². The van der Waals surface area contributed by atoms with Crippen LogP contribution < -0.4 is 0 Å². The Labute approximate surface area is 180 Å². The number of benzene rings is 1. The highest BCUT2D eigenvalue weighted by atomic mass is 35.5. The summed E-state index contributed by atoms with van der Waals surface area (Å²) in [6.45, 7) is 3.94. The largest absolute Gasteiger partial charge is 0.354 e. The summed E-state index contributed by atoms with van der Waals surface area (Å²) in [5, 5.41) is 0.540. The number of nitrogens with zero attached hydrogens (tertiary/aromatic N) is 4. The number of halogens is 1. The molecule has 9 heteroatoms. The Kier molecular flexibility index (Phi) is 5.62. The van der Waals surface area contributed by atoms with Crippen LogP contribution in [0, 0.1) is 0 Å². The van der Waals surface area contributed by atoms with Gasteiger partial charge in [0, 0.05) is 43.0 Å². The SMILES string of the molecule is CC1=C(c2ccc(Cl)cc2)S(=O)(=O)N=C1N1CCCN(C(=O)c2ccccn2)CC1. The Bertz CT molecular complexity index is 1130. The maximum absolute atomic E-state index is 12.8. The molecule has 0 saturated carbocycles. The standard InChI is InChI=1S/C21H21ClN4O3S/c1-15-19(16-6-8-17(22)9-7-16)30(28,29)24-20(15)25-11-4-12-26(14-13-25)21(27)18-5-2-3-10-23-18/h2-3,5-10H,4,11-14H2,1H3. The summed E-state index contributed by atoms with van der Waals surface area (Å²) in [4.78, 5) is 20.8. The van der Waals surface area contributed by atoms with Crippen LogP contribution in [0.15, 0.2) is 58.6 Å². The zero-order valence-electron chi connectivity index (χ0n) is 16.5. The van der Waals surface area contributed by atoms with Crippen molar-refractivity contribution in [1.29, 1.82) is 0 Å². The molecule has 0 bridgehead atoms. The van der Waals surface area contributed by atoms with Crippen LogP contribution >= 0.6 is 11.6 Å². The average Bonchev–Trinajstić information content (AvgIpc) is 2.90. The summed E-state index contributed by atoms with van der Waals surface area (Å²) in [5.41, 5.74) is 1.59. The van der Waals surface area contributed by atoms with E-state index in [1.54, 1.807) is 60.5 Å². The lowest BCUT2D eigenvalue weighted by atomic mass is 10.1. The molecule has 7 nitrogen and oxygen atoms in total. The molecule has 0 unspecified atom stereocenters. The van der Waals surface area contributed by atoms with E-state index in [1.165, 1.54) is 0 Å². The molecule has 0 aliphatic carbocycles. The Morgan fingerprint density at radius 3 is 2.50 bits per heavy atom. The van der Waals surface area contributed by atoms with Crippen molar-refractivity contribution in [3.05, 3.63) is 70.5 Å². The van der Waals surface area contributed by atoms with Crippen molar-refractivity contribution in [2.75, 3.05) is 26.2 Å². The van der Waals surface area contributed by atoms with Gasteiger partial charge in [-0.25, -0.2) is 0 Å². The van der Waals surface area contributed by atoms with E-state index >= 15 is 0 Å². The van der Waals surface area contributed by atoms with Gasteiger partial charge in [0.1, 0.15) is 16.4 Å². The maximum Gasteiger partial charge on any atom is 0.285 e. The second-order valence-corrected chi connectivity index (χ2v) is 9.18. The van der Waals surface area contributed by atoms with Crippen LogP contribution in [0.3, 0.4) is 0 Å². The van der Waals surface area contributed by atoms with Gasteiger partial charge >= 0.3 is 0 Å². The molecule has 2 aliphatic rings. The highest BCUT2D eigenvalue weighted by Crippen LogP contribution is 2.34. The van der Waals surface area contributed by atoms with E-state index in [0.29, 0.717) is 60.3 Å². The van der Waals surface area contributed by atoms with Crippen molar-refractivity contribution < 1.29 is 13.2 Å². The number of carbonyl (C=O) groups excluding carboxylic acids is 1. The fourth-order valence-corrected chi connectivity index (χ4v) is 5.38. The highest BCUT2D eigenvalue weighted by molar-refractivity contribution is 8.00. The molecule has 2 aliphatic heterocycles. The van der Waals surface area contributed by atoms with Gasteiger partial charge < -0.3 is 9.80 Å². The summed E-state index contributed by atoms with van der Waals surface area (Å²) in [5.74, 6) is 0.333. The van der Waals surface area contributed by atoms with E-state index in [4.69, 9.17) is 11.6 Å². The van der Waals surface area contributed by atoms with E-state index < -0.39 is 10.0 Å². The Balaban J connectivity index is 1.56. The molecule has 0 spiro atoms. The first-order valence-electron chi connectivity index (χ1n) is 9.64. The molecule has 1 saturated heterocycles. The van der Waals surface area contributed by atoms with Crippen LogP contribution in [0.1, 0.15) is 29.4 Å². The van der Waals surface area contributed by atoms with E-state index in [0.717, 1.165) is 0 Å². The molecule has 1 fully saturated rings. The molecule has 1 aromatic carbocycles.